The van der Waals surface area contributed by atoms with Crippen LogP contribution in [-0.4, -0.2) is 19.2 Å². The maximum absolute atomic E-state index is 12.6. The first kappa shape index (κ1) is 13.2. The van der Waals surface area contributed by atoms with Crippen molar-refractivity contribution < 1.29 is 17.9 Å². The minimum atomic E-state index is -4.32. The molecular formula is C13H16F3NO. The molecule has 1 saturated heterocycles. The average Bonchev–Trinajstić information content (AvgIpc) is 2.31. The number of rotatable bonds is 2. The molecule has 0 spiro atoms. The molecule has 1 fully saturated rings. The highest BCUT2D eigenvalue weighted by Crippen LogP contribution is 2.32. The molecule has 2 nitrogen and oxygen atoms in total. The lowest BCUT2D eigenvalue weighted by atomic mass is 9.98. The molecule has 1 heterocycles. The monoisotopic (exact) mass is 259 g/mol. The van der Waals surface area contributed by atoms with Gasteiger partial charge in [0.2, 0.25) is 0 Å². The van der Waals surface area contributed by atoms with E-state index in [-0.39, 0.29) is 6.10 Å². The fraction of sp³-hybridized carbons (Fsp3) is 0.538. The van der Waals surface area contributed by atoms with Crippen molar-refractivity contribution in [1.29, 1.82) is 0 Å². The molecule has 0 bridgehead atoms. The molecule has 0 radical (unpaired) electrons. The van der Waals surface area contributed by atoms with Crippen LogP contribution >= 0.6 is 0 Å². The number of halogens is 3. The van der Waals surface area contributed by atoms with Gasteiger partial charge in [-0.05, 0) is 31.2 Å². The summed E-state index contributed by atoms with van der Waals surface area (Å²) in [7, 11) is 0. The summed E-state index contributed by atoms with van der Waals surface area (Å²) in [5.41, 5.74) is -0.665. The van der Waals surface area contributed by atoms with E-state index in [4.69, 9.17) is 4.74 Å². The second-order valence-electron chi connectivity index (χ2n) is 4.65. The Bertz CT molecular complexity index is 405. The van der Waals surface area contributed by atoms with E-state index in [0.717, 1.165) is 31.6 Å². The lowest BCUT2D eigenvalue weighted by Gasteiger charge is -2.30. The first-order chi connectivity index (χ1) is 8.47. The smallest absolute Gasteiger partial charge is 0.416 e. The van der Waals surface area contributed by atoms with E-state index in [1.165, 1.54) is 6.07 Å². The van der Waals surface area contributed by atoms with Crippen molar-refractivity contribution in [1.82, 2.24) is 5.32 Å². The molecule has 5 heteroatoms. The van der Waals surface area contributed by atoms with Crippen molar-refractivity contribution in [2.75, 3.05) is 13.1 Å². The van der Waals surface area contributed by atoms with Gasteiger partial charge >= 0.3 is 6.18 Å². The lowest BCUT2D eigenvalue weighted by Crippen LogP contribution is -2.41. The van der Waals surface area contributed by atoms with Crippen LogP contribution in [0.15, 0.2) is 24.3 Å². The van der Waals surface area contributed by atoms with Gasteiger partial charge in [0.05, 0.1) is 5.56 Å². The highest BCUT2D eigenvalue weighted by atomic mass is 19.4. The van der Waals surface area contributed by atoms with Crippen LogP contribution in [0.2, 0.25) is 0 Å². The molecule has 1 aliphatic heterocycles. The summed E-state index contributed by atoms with van der Waals surface area (Å²) in [5, 5.41) is 3.23. The molecular weight excluding hydrogens is 243 g/mol. The van der Waals surface area contributed by atoms with E-state index in [1.54, 1.807) is 6.07 Å². The van der Waals surface area contributed by atoms with Crippen LogP contribution in [-0.2, 0) is 6.18 Å². The van der Waals surface area contributed by atoms with Crippen LogP contribution in [0.4, 0.5) is 13.2 Å². The normalized spacial score (nSPS) is 24.9. The van der Waals surface area contributed by atoms with E-state index in [0.29, 0.717) is 11.7 Å². The van der Waals surface area contributed by atoms with E-state index < -0.39 is 11.7 Å². The van der Waals surface area contributed by atoms with Gasteiger partial charge in [-0.15, -0.1) is 0 Å². The highest BCUT2D eigenvalue weighted by molar-refractivity contribution is 5.30. The summed E-state index contributed by atoms with van der Waals surface area (Å²) in [5.74, 6) is 0.594. The Labute approximate surface area is 104 Å². The molecule has 2 unspecified atom stereocenters. The van der Waals surface area contributed by atoms with Gasteiger partial charge in [0.1, 0.15) is 11.9 Å². The second-order valence-corrected chi connectivity index (χ2v) is 4.65. The van der Waals surface area contributed by atoms with Crippen LogP contribution in [0.1, 0.15) is 18.9 Å². The molecule has 2 atom stereocenters. The summed E-state index contributed by atoms with van der Waals surface area (Å²) in [6, 6.07) is 5.07. The van der Waals surface area contributed by atoms with Crippen LogP contribution in [0.5, 0.6) is 5.75 Å². The van der Waals surface area contributed by atoms with E-state index >= 15 is 0 Å². The Kier molecular flexibility index (Phi) is 3.80. The minimum absolute atomic E-state index is 0.0188. The zero-order valence-electron chi connectivity index (χ0n) is 10.1. The van der Waals surface area contributed by atoms with Gasteiger partial charge in [-0.3, -0.25) is 0 Å². The topological polar surface area (TPSA) is 21.3 Å². The maximum Gasteiger partial charge on any atom is 0.416 e. The third kappa shape index (κ3) is 3.16. The first-order valence-electron chi connectivity index (χ1n) is 6.01. The van der Waals surface area contributed by atoms with Gasteiger partial charge in [-0.2, -0.15) is 13.2 Å². The molecule has 1 aromatic rings. The number of hydrogen-bond donors (Lipinski definition) is 1. The summed E-state index contributed by atoms with van der Waals surface area (Å²) in [4.78, 5) is 0. The Morgan fingerprint density at radius 2 is 2.11 bits per heavy atom. The number of benzene rings is 1. The van der Waals surface area contributed by atoms with E-state index in [2.05, 4.69) is 5.32 Å². The predicted molar refractivity (Wildman–Crippen MR) is 62.5 cm³/mol. The molecule has 0 aliphatic carbocycles. The molecule has 0 aromatic heterocycles. The Morgan fingerprint density at radius 1 is 1.33 bits per heavy atom. The fourth-order valence-electron chi connectivity index (χ4n) is 2.09. The number of nitrogens with one attached hydrogen (secondary N) is 1. The Hall–Kier alpha value is -1.23. The summed E-state index contributed by atoms with van der Waals surface area (Å²) in [6.45, 7) is 3.71. The van der Waals surface area contributed by atoms with Crippen molar-refractivity contribution >= 4 is 0 Å². The zero-order valence-corrected chi connectivity index (χ0v) is 10.1. The minimum Gasteiger partial charge on any atom is -0.490 e. The van der Waals surface area contributed by atoms with Crippen molar-refractivity contribution in [2.45, 2.75) is 25.6 Å². The average molecular weight is 259 g/mol. The number of hydrogen-bond acceptors (Lipinski definition) is 2. The van der Waals surface area contributed by atoms with Crippen LogP contribution < -0.4 is 10.1 Å². The molecule has 18 heavy (non-hydrogen) atoms. The third-order valence-corrected chi connectivity index (χ3v) is 3.16. The van der Waals surface area contributed by atoms with Gasteiger partial charge in [0.25, 0.3) is 0 Å². The molecule has 1 N–H and O–H groups in total. The second kappa shape index (κ2) is 5.18. The zero-order chi connectivity index (χ0) is 13.2. The largest absolute Gasteiger partial charge is 0.490 e. The molecule has 1 aliphatic rings. The molecule has 0 saturated carbocycles. The standard InChI is InChI=1S/C13H16F3NO/c1-9-8-17-6-5-12(9)18-11-4-2-3-10(7-11)13(14,15)16/h2-4,7,9,12,17H,5-6,8H2,1H3. The van der Waals surface area contributed by atoms with E-state index in [1.807, 2.05) is 6.92 Å². The van der Waals surface area contributed by atoms with Crippen molar-refractivity contribution in [3.8, 4) is 5.75 Å². The van der Waals surface area contributed by atoms with Gasteiger partial charge < -0.3 is 10.1 Å². The number of ether oxygens (including phenoxy) is 1. The van der Waals surface area contributed by atoms with E-state index in [9.17, 15) is 13.2 Å². The van der Waals surface area contributed by atoms with Crippen LogP contribution in [0, 0.1) is 5.92 Å². The summed E-state index contributed by atoms with van der Waals surface area (Å²) in [6.07, 6.45) is -3.52. The van der Waals surface area contributed by atoms with Gasteiger partial charge in [-0.1, -0.05) is 13.0 Å². The molecule has 0 amide bonds. The summed E-state index contributed by atoms with van der Waals surface area (Å²) >= 11 is 0. The quantitative estimate of drug-likeness (QED) is 0.881. The fourth-order valence-corrected chi connectivity index (χ4v) is 2.09. The molecule has 2 rings (SSSR count). The third-order valence-electron chi connectivity index (χ3n) is 3.16. The van der Waals surface area contributed by atoms with Gasteiger partial charge in [0.15, 0.2) is 0 Å². The lowest BCUT2D eigenvalue weighted by molar-refractivity contribution is -0.137. The highest BCUT2D eigenvalue weighted by Gasteiger charge is 2.31. The van der Waals surface area contributed by atoms with Crippen LogP contribution in [0.3, 0.4) is 0 Å². The summed E-state index contributed by atoms with van der Waals surface area (Å²) < 4.78 is 43.3. The predicted octanol–water partition coefficient (Wildman–Crippen LogP) is 3.08. The molecule has 1 aromatic carbocycles. The van der Waals surface area contributed by atoms with Crippen molar-refractivity contribution in [2.24, 2.45) is 5.92 Å². The maximum atomic E-state index is 12.6. The van der Waals surface area contributed by atoms with Crippen LogP contribution in [0.25, 0.3) is 0 Å². The van der Waals surface area contributed by atoms with Gasteiger partial charge in [-0.25, -0.2) is 0 Å². The number of piperidine rings is 1. The SMILES string of the molecule is CC1CNCCC1Oc1cccc(C(F)(F)F)c1. The van der Waals surface area contributed by atoms with Gasteiger partial charge in [0, 0.05) is 12.5 Å². The Morgan fingerprint density at radius 3 is 2.78 bits per heavy atom. The number of alkyl halides is 3. The first-order valence-corrected chi connectivity index (χ1v) is 6.01. The van der Waals surface area contributed by atoms with Crippen molar-refractivity contribution in [3.05, 3.63) is 29.8 Å². The Balaban J connectivity index is 2.09. The van der Waals surface area contributed by atoms with Crippen molar-refractivity contribution in [3.63, 3.8) is 0 Å². The molecule has 100 valence electrons.